The van der Waals surface area contributed by atoms with Gasteiger partial charge in [0, 0.05) is 18.7 Å². The van der Waals surface area contributed by atoms with E-state index in [0.717, 1.165) is 47.6 Å². The van der Waals surface area contributed by atoms with Crippen molar-refractivity contribution in [3.05, 3.63) is 35.9 Å². The predicted molar refractivity (Wildman–Crippen MR) is 85.8 cm³/mol. The highest BCUT2D eigenvalue weighted by molar-refractivity contribution is 5.88. The Kier molecular flexibility index (Phi) is 4.02. The Balaban J connectivity index is 1.97. The molecule has 1 aliphatic heterocycles. The van der Waals surface area contributed by atoms with E-state index in [1.807, 2.05) is 18.2 Å². The van der Waals surface area contributed by atoms with E-state index in [1.54, 1.807) is 13.2 Å². The van der Waals surface area contributed by atoms with Gasteiger partial charge in [0.1, 0.15) is 11.5 Å². The fourth-order valence-electron chi connectivity index (χ4n) is 3.30. The molecule has 1 fully saturated rings. The zero-order chi connectivity index (χ0) is 14.8. The van der Waals surface area contributed by atoms with E-state index in [1.165, 1.54) is 12.8 Å². The van der Waals surface area contributed by atoms with Crippen molar-refractivity contribution in [1.29, 1.82) is 0 Å². The molecule has 112 valence electrons. The second-order valence-electron chi connectivity index (χ2n) is 6.13. The number of benzene rings is 2. The summed E-state index contributed by atoms with van der Waals surface area (Å²) in [6.07, 6.45) is 2.56. The van der Waals surface area contributed by atoms with Crippen LogP contribution in [-0.4, -0.2) is 30.2 Å². The van der Waals surface area contributed by atoms with Gasteiger partial charge in [0.05, 0.1) is 7.11 Å². The van der Waals surface area contributed by atoms with Crippen LogP contribution in [0.5, 0.6) is 11.5 Å². The summed E-state index contributed by atoms with van der Waals surface area (Å²) in [6, 6.07) is 9.81. The molecule has 0 radical (unpaired) electrons. The van der Waals surface area contributed by atoms with Crippen molar-refractivity contribution in [2.24, 2.45) is 5.92 Å². The van der Waals surface area contributed by atoms with Gasteiger partial charge in [-0.15, -0.1) is 0 Å². The van der Waals surface area contributed by atoms with Crippen molar-refractivity contribution in [2.75, 3.05) is 20.2 Å². The van der Waals surface area contributed by atoms with Crippen LogP contribution in [0.4, 0.5) is 0 Å². The number of methoxy groups -OCH3 is 1. The normalized spacial score (nSPS) is 19.8. The van der Waals surface area contributed by atoms with E-state index >= 15 is 0 Å². The first-order chi connectivity index (χ1) is 10.2. The van der Waals surface area contributed by atoms with Gasteiger partial charge in [-0.1, -0.05) is 19.1 Å². The number of nitrogens with zero attached hydrogens (tertiary/aromatic N) is 1. The second-order valence-corrected chi connectivity index (χ2v) is 6.13. The number of phenolic OH excluding ortho intramolecular Hbond substituents is 1. The van der Waals surface area contributed by atoms with Gasteiger partial charge in [-0.2, -0.15) is 0 Å². The molecule has 1 saturated heterocycles. The number of hydrogen-bond donors (Lipinski definition) is 1. The largest absolute Gasteiger partial charge is 0.508 e. The quantitative estimate of drug-likeness (QED) is 0.931. The minimum absolute atomic E-state index is 0.383. The Bertz CT molecular complexity index is 638. The molecule has 0 bridgehead atoms. The lowest BCUT2D eigenvalue weighted by molar-refractivity contribution is 0.175. The zero-order valence-corrected chi connectivity index (χ0v) is 12.8. The molecular weight excluding hydrogens is 262 g/mol. The highest BCUT2D eigenvalue weighted by Gasteiger charge is 2.18. The van der Waals surface area contributed by atoms with E-state index in [9.17, 15) is 5.11 Å². The molecule has 3 nitrogen and oxygen atoms in total. The Morgan fingerprint density at radius 2 is 2.10 bits per heavy atom. The molecule has 3 rings (SSSR count). The second kappa shape index (κ2) is 5.94. The van der Waals surface area contributed by atoms with E-state index in [0.29, 0.717) is 5.75 Å². The molecule has 1 heterocycles. The molecule has 0 unspecified atom stereocenters. The van der Waals surface area contributed by atoms with E-state index in [4.69, 9.17) is 4.74 Å². The monoisotopic (exact) mass is 285 g/mol. The topological polar surface area (TPSA) is 32.7 Å². The Morgan fingerprint density at radius 3 is 2.86 bits per heavy atom. The lowest BCUT2D eigenvalue weighted by Gasteiger charge is -2.31. The summed E-state index contributed by atoms with van der Waals surface area (Å²) in [7, 11) is 1.68. The summed E-state index contributed by atoms with van der Waals surface area (Å²) in [5.74, 6) is 1.96. The third kappa shape index (κ3) is 2.98. The molecular formula is C18H23NO2. The number of rotatable bonds is 3. The summed E-state index contributed by atoms with van der Waals surface area (Å²) in [5.41, 5.74) is 1.01. The number of ether oxygens (including phenoxy) is 1. The van der Waals surface area contributed by atoms with Crippen LogP contribution in [0.25, 0.3) is 10.8 Å². The predicted octanol–water partition coefficient (Wildman–Crippen LogP) is 3.79. The van der Waals surface area contributed by atoms with Gasteiger partial charge in [0.15, 0.2) is 0 Å². The number of phenols is 1. The van der Waals surface area contributed by atoms with E-state index < -0.39 is 0 Å². The maximum absolute atomic E-state index is 10.3. The Hall–Kier alpha value is -1.74. The third-order valence-corrected chi connectivity index (χ3v) is 4.44. The lowest BCUT2D eigenvalue weighted by Crippen LogP contribution is -2.33. The van der Waals surface area contributed by atoms with Crippen LogP contribution in [0.1, 0.15) is 25.3 Å². The molecule has 3 heteroatoms. The van der Waals surface area contributed by atoms with Crippen molar-refractivity contribution in [2.45, 2.75) is 26.3 Å². The third-order valence-electron chi connectivity index (χ3n) is 4.44. The highest BCUT2D eigenvalue weighted by Crippen LogP contribution is 2.32. The van der Waals surface area contributed by atoms with Crippen molar-refractivity contribution >= 4 is 10.8 Å². The van der Waals surface area contributed by atoms with Crippen molar-refractivity contribution in [1.82, 2.24) is 4.90 Å². The summed E-state index contributed by atoms with van der Waals surface area (Å²) in [5, 5.41) is 12.5. The van der Waals surface area contributed by atoms with Gasteiger partial charge in [0.2, 0.25) is 0 Å². The fraction of sp³-hybridized carbons (Fsp3) is 0.444. The summed E-state index contributed by atoms with van der Waals surface area (Å²) < 4.78 is 5.33. The maximum atomic E-state index is 10.3. The van der Waals surface area contributed by atoms with Crippen LogP contribution in [0.3, 0.4) is 0 Å². The molecule has 0 spiro atoms. The van der Waals surface area contributed by atoms with Gasteiger partial charge in [-0.3, -0.25) is 4.90 Å². The average molecular weight is 285 g/mol. The minimum Gasteiger partial charge on any atom is -0.508 e. The van der Waals surface area contributed by atoms with E-state index in [2.05, 4.69) is 17.9 Å². The minimum atomic E-state index is 0.383. The molecule has 0 saturated carbocycles. The SMILES string of the molecule is COc1ccc2ccc(O)c(CN3CCC[C@@H](C)C3)c2c1. The van der Waals surface area contributed by atoms with Crippen molar-refractivity contribution in [3.63, 3.8) is 0 Å². The molecule has 2 aromatic carbocycles. The zero-order valence-electron chi connectivity index (χ0n) is 12.8. The molecule has 0 aliphatic carbocycles. The van der Waals surface area contributed by atoms with E-state index in [-0.39, 0.29) is 0 Å². The van der Waals surface area contributed by atoms with Crippen LogP contribution in [0, 0.1) is 5.92 Å². The Labute approximate surface area is 126 Å². The average Bonchev–Trinajstić information content (AvgIpc) is 2.50. The number of likely N-dealkylation sites (tertiary alicyclic amines) is 1. The maximum Gasteiger partial charge on any atom is 0.120 e. The van der Waals surface area contributed by atoms with Crippen LogP contribution in [0.15, 0.2) is 30.3 Å². The molecule has 0 amide bonds. The van der Waals surface area contributed by atoms with Crippen LogP contribution < -0.4 is 4.74 Å². The highest BCUT2D eigenvalue weighted by atomic mass is 16.5. The first kappa shape index (κ1) is 14.2. The summed E-state index contributed by atoms with van der Waals surface area (Å²) in [4.78, 5) is 2.45. The number of fused-ring (bicyclic) bond motifs is 1. The van der Waals surface area contributed by atoms with Gasteiger partial charge in [-0.05, 0) is 54.3 Å². The van der Waals surface area contributed by atoms with Crippen LogP contribution in [-0.2, 0) is 6.54 Å². The standard InChI is InChI=1S/C18H23NO2/c1-13-4-3-9-19(11-13)12-17-16-10-15(21-2)7-5-14(16)6-8-18(17)20/h5-8,10,13,20H,3-4,9,11-12H2,1-2H3/t13-/m1/s1. The van der Waals surface area contributed by atoms with Gasteiger partial charge < -0.3 is 9.84 Å². The molecule has 0 aromatic heterocycles. The van der Waals surface area contributed by atoms with Crippen LogP contribution in [0.2, 0.25) is 0 Å². The number of hydrogen-bond acceptors (Lipinski definition) is 3. The van der Waals surface area contributed by atoms with Gasteiger partial charge in [-0.25, -0.2) is 0 Å². The molecule has 2 aromatic rings. The number of piperidine rings is 1. The summed E-state index contributed by atoms with van der Waals surface area (Å²) in [6.45, 7) is 5.34. The molecule has 21 heavy (non-hydrogen) atoms. The van der Waals surface area contributed by atoms with Gasteiger partial charge in [0.25, 0.3) is 0 Å². The van der Waals surface area contributed by atoms with Crippen LogP contribution >= 0.6 is 0 Å². The first-order valence-electron chi connectivity index (χ1n) is 7.68. The lowest BCUT2D eigenvalue weighted by atomic mass is 9.98. The summed E-state index contributed by atoms with van der Waals surface area (Å²) >= 11 is 0. The Morgan fingerprint density at radius 1 is 1.29 bits per heavy atom. The van der Waals surface area contributed by atoms with Gasteiger partial charge >= 0.3 is 0 Å². The first-order valence-corrected chi connectivity index (χ1v) is 7.68. The molecule has 1 N–H and O–H groups in total. The number of aromatic hydroxyl groups is 1. The van der Waals surface area contributed by atoms with Crippen molar-refractivity contribution in [3.8, 4) is 11.5 Å². The smallest absolute Gasteiger partial charge is 0.120 e. The molecule has 1 aliphatic rings. The fourth-order valence-corrected chi connectivity index (χ4v) is 3.30. The van der Waals surface area contributed by atoms with Crippen molar-refractivity contribution < 1.29 is 9.84 Å². The molecule has 1 atom stereocenters.